The molecule has 0 aliphatic heterocycles. The van der Waals surface area contributed by atoms with Gasteiger partial charge in [0.25, 0.3) is 0 Å². The second kappa shape index (κ2) is 6.68. The van der Waals surface area contributed by atoms with Gasteiger partial charge < -0.3 is 15.7 Å². The summed E-state index contributed by atoms with van der Waals surface area (Å²) >= 11 is 0. The van der Waals surface area contributed by atoms with E-state index in [-0.39, 0.29) is 12.5 Å². The van der Waals surface area contributed by atoms with Crippen molar-refractivity contribution in [1.29, 1.82) is 0 Å². The van der Waals surface area contributed by atoms with Crippen LogP contribution in [0.1, 0.15) is 28.7 Å². The van der Waals surface area contributed by atoms with Crippen molar-refractivity contribution < 1.29 is 9.90 Å². The number of carbonyl (C=O) groups is 1. The Kier molecular flexibility index (Phi) is 5.51. The summed E-state index contributed by atoms with van der Waals surface area (Å²) in [6.45, 7) is 7.74. The van der Waals surface area contributed by atoms with Gasteiger partial charge in [-0.3, -0.25) is 4.79 Å². The standard InChI is InChI=1S/C15H24N2O2/c1-10-5-6-13(12(3)11(10)2)8-17(4)9-14(16)7-15(18)19/h5-6,14H,7-9,16H2,1-4H3,(H,18,19). The Morgan fingerprint density at radius 1 is 1.32 bits per heavy atom. The molecule has 0 spiro atoms. The predicted octanol–water partition coefficient (Wildman–Crippen LogP) is 1.85. The van der Waals surface area contributed by atoms with Gasteiger partial charge in [-0.1, -0.05) is 12.1 Å². The van der Waals surface area contributed by atoms with Crippen LogP contribution in [0.2, 0.25) is 0 Å². The van der Waals surface area contributed by atoms with Crippen LogP contribution in [0.25, 0.3) is 0 Å². The van der Waals surface area contributed by atoms with E-state index >= 15 is 0 Å². The molecule has 0 radical (unpaired) electrons. The smallest absolute Gasteiger partial charge is 0.304 e. The minimum Gasteiger partial charge on any atom is -0.481 e. The van der Waals surface area contributed by atoms with E-state index in [0.29, 0.717) is 6.54 Å². The van der Waals surface area contributed by atoms with E-state index < -0.39 is 5.97 Å². The summed E-state index contributed by atoms with van der Waals surface area (Å²) in [7, 11) is 1.97. The van der Waals surface area contributed by atoms with Crippen molar-refractivity contribution in [2.75, 3.05) is 13.6 Å². The fraction of sp³-hybridized carbons (Fsp3) is 0.533. The highest BCUT2D eigenvalue weighted by Gasteiger charge is 2.12. The molecule has 1 unspecified atom stereocenters. The summed E-state index contributed by atoms with van der Waals surface area (Å²) < 4.78 is 0. The van der Waals surface area contributed by atoms with Gasteiger partial charge in [0.1, 0.15) is 0 Å². The molecule has 4 heteroatoms. The number of hydrogen-bond acceptors (Lipinski definition) is 3. The molecule has 0 saturated heterocycles. The number of rotatable bonds is 6. The third-order valence-corrected chi connectivity index (χ3v) is 3.59. The molecule has 19 heavy (non-hydrogen) atoms. The topological polar surface area (TPSA) is 66.6 Å². The number of nitrogens with two attached hydrogens (primary N) is 1. The average Bonchev–Trinajstić information content (AvgIpc) is 2.28. The van der Waals surface area contributed by atoms with Gasteiger partial charge in [-0.2, -0.15) is 0 Å². The molecular weight excluding hydrogens is 240 g/mol. The SMILES string of the molecule is Cc1ccc(CN(C)CC(N)CC(=O)O)c(C)c1C. The zero-order valence-electron chi connectivity index (χ0n) is 12.2. The monoisotopic (exact) mass is 264 g/mol. The minimum atomic E-state index is -0.844. The predicted molar refractivity (Wildman–Crippen MR) is 77.2 cm³/mol. The molecule has 0 bridgehead atoms. The summed E-state index contributed by atoms with van der Waals surface area (Å²) in [5, 5.41) is 8.70. The van der Waals surface area contributed by atoms with Gasteiger partial charge in [0.05, 0.1) is 6.42 Å². The summed E-state index contributed by atoms with van der Waals surface area (Å²) in [5.41, 5.74) is 11.0. The first kappa shape index (κ1) is 15.7. The van der Waals surface area contributed by atoms with E-state index in [2.05, 4.69) is 37.8 Å². The Morgan fingerprint density at radius 3 is 2.53 bits per heavy atom. The third kappa shape index (κ3) is 4.65. The van der Waals surface area contributed by atoms with Crippen molar-refractivity contribution in [3.8, 4) is 0 Å². The number of aryl methyl sites for hydroxylation is 1. The zero-order valence-corrected chi connectivity index (χ0v) is 12.2. The summed E-state index contributed by atoms with van der Waals surface area (Å²) in [6, 6.07) is 3.94. The van der Waals surface area contributed by atoms with E-state index in [9.17, 15) is 4.79 Å². The van der Waals surface area contributed by atoms with Gasteiger partial charge in [0.15, 0.2) is 0 Å². The molecular formula is C15H24N2O2. The van der Waals surface area contributed by atoms with E-state index in [1.165, 1.54) is 22.3 Å². The van der Waals surface area contributed by atoms with Gasteiger partial charge in [0, 0.05) is 19.1 Å². The number of likely N-dealkylation sites (N-methyl/N-ethyl adjacent to an activating group) is 1. The lowest BCUT2D eigenvalue weighted by molar-refractivity contribution is -0.137. The molecule has 0 amide bonds. The van der Waals surface area contributed by atoms with Crippen molar-refractivity contribution in [1.82, 2.24) is 4.90 Å². The third-order valence-electron chi connectivity index (χ3n) is 3.59. The molecule has 0 fully saturated rings. The fourth-order valence-electron chi connectivity index (χ4n) is 2.23. The maximum atomic E-state index is 10.6. The fourth-order valence-corrected chi connectivity index (χ4v) is 2.23. The van der Waals surface area contributed by atoms with Crippen LogP contribution in [0, 0.1) is 20.8 Å². The molecule has 0 aliphatic rings. The number of benzene rings is 1. The minimum absolute atomic E-state index is 0.0102. The molecule has 0 heterocycles. The van der Waals surface area contributed by atoms with Crippen molar-refractivity contribution in [3.63, 3.8) is 0 Å². The van der Waals surface area contributed by atoms with Crippen molar-refractivity contribution in [3.05, 3.63) is 34.4 Å². The number of carboxylic acid groups (broad SMARTS) is 1. The van der Waals surface area contributed by atoms with Crippen LogP contribution in [0.15, 0.2) is 12.1 Å². The van der Waals surface area contributed by atoms with Crippen molar-refractivity contribution >= 4 is 5.97 Å². The normalized spacial score (nSPS) is 12.7. The number of carboxylic acids is 1. The lowest BCUT2D eigenvalue weighted by atomic mass is 9.98. The van der Waals surface area contributed by atoms with E-state index in [1.807, 2.05) is 7.05 Å². The Morgan fingerprint density at radius 2 is 1.95 bits per heavy atom. The van der Waals surface area contributed by atoms with Crippen LogP contribution in [0.3, 0.4) is 0 Å². The maximum absolute atomic E-state index is 10.6. The van der Waals surface area contributed by atoms with Gasteiger partial charge in [-0.25, -0.2) is 0 Å². The number of aliphatic carboxylic acids is 1. The second-order valence-electron chi connectivity index (χ2n) is 5.35. The maximum Gasteiger partial charge on any atom is 0.304 e. The summed E-state index contributed by atoms with van der Waals surface area (Å²) in [6.07, 6.45) is 0.0102. The van der Waals surface area contributed by atoms with Gasteiger partial charge in [0.2, 0.25) is 0 Å². The number of hydrogen-bond donors (Lipinski definition) is 2. The molecule has 106 valence electrons. The number of nitrogens with zero attached hydrogens (tertiary/aromatic N) is 1. The lowest BCUT2D eigenvalue weighted by Gasteiger charge is -2.22. The van der Waals surface area contributed by atoms with Crippen molar-refractivity contribution in [2.45, 2.75) is 39.8 Å². The van der Waals surface area contributed by atoms with Crippen LogP contribution in [0.5, 0.6) is 0 Å². The molecule has 0 aromatic heterocycles. The van der Waals surface area contributed by atoms with Crippen LogP contribution in [-0.4, -0.2) is 35.6 Å². The molecule has 1 rings (SSSR count). The van der Waals surface area contributed by atoms with E-state index in [0.717, 1.165) is 6.54 Å². The molecule has 3 N–H and O–H groups in total. The van der Waals surface area contributed by atoms with Crippen molar-refractivity contribution in [2.24, 2.45) is 5.73 Å². The van der Waals surface area contributed by atoms with E-state index in [4.69, 9.17) is 10.8 Å². The highest BCUT2D eigenvalue weighted by molar-refractivity contribution is 5.67. The first-order valence-electron chi connectivity index (χ1n) is 6.53. The molecule has 1 aromatic carbocycles. The molecule has 0 saturated carbocycles. The van der Waals surface area contributed by atoms with Crippen LogP contribution < -0.4 is 5.73 Å². The Balaban J connectivity index is 2.64. The Labute approximate surface area is 115 Å². The molecule has 1 aromatic rings. The van der Waals surface area contributed by atoms with Crippen LogP contribution >= 0.6 is 0 Å². The molecule has 4 nitrogen and oxygen atoms in total. The van der Waals surface area contributed by atoms with E-state index in [1.54, 1.807) is 0 Å². The average molecular weight is 264 g/mol. The van der Waals surface area contributed by atoms with Crippen LogP contribution in [0.4, 0.5) is 0 Å². The Hall–Kier alpha value is -1.39. The second-order valence-corrected chi connectivity index (χ2v) is 5.35. The lowest BCUT2D eigenvalue weighted by Crippen LogP contribution is -2.36. The summed E-state index contributed by atoms with van der Waals surface area (Å²) in [5.74, 6) is -0.844. The zero-order chi connectivity index (χ0) is 14.6. The largest absolute Gasteiger partial charge is 0.481 e. The highest BCUT2D eigenvalue weighted by atomic mass is 16.4. The first-order valence-corrected chi connectivity index (χ1v) is 6.53. The molecule has 1 atom stereocenters. The van der Waals surface area contributed by atoms with Gasteiger partial charge >= 0.3 is 5.97 Å². The molecule has 0 aliphatic carbocycles. The van der Waals surface area contributed by atoms with Crippen LogP contribution in [-0.2, 0) is 11.3 Å². The highest BCUT2D eigenvalue weighted by Crippen LogP contribution is 2.18. The first-order chi connectivity index (χ1) is 8.81. The van der Waals surface area contributed by atoms with Gasteiger partial charge in [-0.05, 0) is 50.1 Å². The summed E-state index contributed by atoms with van der Waals surface area (Å²) in [4.78, 5) is 12.7. The van der Waals surface area contributed by atoms with Gasteiger partial charge in [-0.15, -0.1) is 0 Å². The quantitative estimate of drug-likeness (QED) is 0.823. The Bertz CT molecular complexity index is 458.